The van der Waals surface area contributed by atoms with E-state index in [4.69, 9.17) is 10.2 Å². The van der Waals surface area contributed by atoms with Gasteiger partial charge in [-0.25, -0.2) is 9.59 Å². The smallest absolute Gasteiger partial charge is 0.339 e. The average Bonchev–Trinajstić information content (AvgIpc) is 2.46. The van der Waals surface area contributed by atoms with Crippen molar-refractivity contribution in [3.63, 3.8) is 0 Å². The van der Waals surface area contributed by atoms with Crippen molar-refractivity contribution in [2.24, 2.45) is 10.2 Å². The first-order chi connectivity index (χ1) is 9.97. The Morgan fingerprint density at radius 2 is 1.38 bits per heavy atom. The van der Waals surface area contributed by atoms with Crippen LogP contribution in [-0.2, 0) is 0 Å². The molecule has 0 aliphatic rings. The highest BCUT2D eigenvalue weighted by molar-refractivity contribution is 5.91. The predicted octanol–water partition coefficient (Wildman–Crippen LogP) is 3.20. The summed E-state index contributed by atoms with van der Waals surface area (Å²) in [5, 5.41) is 34.7. The number of carboxylic acid groups (broad SMARTS) is 2. The van der Waals surface area contributed by atoms with Gasteiger partial charge in [-0.1, -0.05) is 0 Å². The number of azo groups is 1. The van der Waals surface area contributed by atoms with Crippen LogP contribution in [0.25, 0.3) is 0 Å². The summed E-state index contributed by atoms with van der Waals surface area (Å²) in [5.41, 5.74) is 0.539. The van der Waals surface area contributed by atoms with E-state index in [2.05, 4.69) is 10.2 Å². The van der Waals surface area contributed by atoms with E-state index in [1.54, 1.807) is 0 Å². The third-order valence-electron chi connectivity index (χ3n) is 2.61. The number of phenols is 1. The van der Waals surface area contributed by atoms with Crippen molar-refractivity contribution in [3.8, 4) is 5.75 Å². The Morgan fingerprint density at radius 1 is 0.810 bits per heavy atom. The Labute approximate surface area is 118 Å². The van der Waals surface area contributed by atoms with Gasteiger partial charge >= 0.3 is 11.9 Å². The van der Waals surface area contributed by atoms with Crippen molar-refractivity contribution in [2.45, 2.75) is 0 Å². The molecule has 7 heteroatoms. The van der Waals surface area contributed by atoms with Crippen molar-refractivity contribution < 1.29 is 24.9 Å². The molecule has 2 rings (SSSR count). The van der Waals surface area contributed by atoms with Gasteiger partial charge in [-0.3, -0.25) is 0 Å². The zero-order valence-electron chi connectivity index (χ0n) is 10.6. The fourth-order valence-electron chi connectivity index (χ4n) is 1.54. The van der Waals surface area contributed by atoms with E-state index in [0.717, 1.165) is 0 Å². The van der Waals surface area contributed by atoms with Crippen molar-refractivity contribution in [2.75, 3.05) is 0 Å². The second kappa shape index (κ2) is 5.83. The highest BCUT2D eigenvalue weighted by Crippen LogP contribution is 2.25. The van der Waals surface area contributed by atoms with Crippen LogP contribution in [0.2, 0.25) is 0 Å². The van der Waals surface area contributed by atoms with E-state index < -0.39 is 11.9 Å². The standard InChI is InChI=1S/C14H10N2O5/c17-12-6-5-10(7-11(12)14(20)21)16-15-9-3-1-8(2-4-9)13(18)19/h1-7,17H,(H,18,19)(H,20,21). The highest BCUT2D eigenvalue weighted by atomic mass is 16.4. The van der Waals surface area contributed by atoms with Crippen molar-refractivity contribution >= 4 is 23.3 Å². The fraction of sp³-hybridized carbons (Fsp3) is 0. The molecular weight excluding hydrogens is 276 g/mol. The average molecular weight is 286 g/mol. The number of carboxylic acids is 2. The summed E-state index contributed by atoms with van der Waals surface area (Å²) in [7, 11) is 0. The highest BCUT2D eigenvalue weighted by Gasteiger charge is 2.09. The summed E-state index contributed by atoms with van der Waals surface area (Å²) in [6.07, 6.45) is 0. The minimum atomic E-state index is -1.27. The number of carbonyl (C=O) groups is 2. The first-order valence-corrected chi connectivity index (χ1v) is 5.79. The minimum absolute atomic E-state index is 0.131. The van der Waals surface area contributed by atoms with E-state index in [-0.39, 0.29) is 22.6 Å². The second-order valence-corrected chi connectivity index (χ2v) is 4.06. The van der Waals surface area contributed by atoms with Crippen LogP contribution in [0, 0.1) is 0 Å². The van der Waals surface area contributed by atoms with Crippen molar-refractivity contribution in [3.05, 3.63) is 53.6 Å². The quantitative estimate of drug-likeness (QED) is 0.745. The van der Waals surface area contributed by atoms with Gasteiger partial charge in [0.15, 0.2) is 0 Å². The first kappa shape index (κ1) is 14.2. The number of benzene rings is 2. The van der Waals surface area contributed by atoms with Crippen LogP contribution < -0.4 is 0 Å². The summed E-state index contributed by atoms with van der Waals surface area (Å²) in [5.74, 6) is -2.66. The van der Waals surface area contributed by atoms with Gasteiger partial charge in [0.25, 0.3) is 0 Å². The van der Waals surface area contributed by atoms with Crippen LogP contribution in [0.5, 0.6) is 5.75 Å². The maximum atomic E-state index is 10.9. The molecule has 0 spiro atoms. The monoisotopic (exact) mass is 286 g/mol. The lowest BCUT2D eigenvalue weighted by Gasteiger charge is -2.00. The molecular formula is C14H10N2O5. The lowest BCUT2D eigenvalue weighted by molar-refractivity contribution is 0.0684. The molecule has 0 aromatic heterocycles. The molecule has 7 nitrogen and oxygen atoms in total. The Morgan fingerprint density at radius 3 is 1.95 bits per heavy atom. The molecule has 106 valence electrons. The molecule has 0 fully saturated rings. The normalized spacial score (nSPS) is 10.7. The molecule has 21 heavy (non-hydrogen) atoms. The third kappa shape index (κ3) is 3.41. The maximum Gasteiger partial charge on any atom is 0.339 e. The Kier molecular flexibility index (Phi) is 3.94. The molecule has 0 unspecified atom stereocenters. The summed E-state index contributed by atoms with van der Waals surface area (Å²) in [4.78, 5) is 21.6. The molecule has 0 aliphatic carbocycles. The summed E-state index contributed by atoms with van der Waals surface area (Å²) < 4.78 is 0. The fourth-order valence-corrected chi connectivity index (χ4v) is 1.54. The molecule has 0 saturated carbocycles. The zero-order valence-corrected chi connectivity index (χ0v) is 10.6. The summed E-state index contributed by atoms with van der Waals surface area (Å²) in [6, 6.07) is 9.54. The maximum absolute atomic E-state index is 10.9. The molecule has 0 saturated heterocycles. The molecule has 0 amide bonds. The van der Waals surface area contributed by atoms with Crippen LogP contribution in [0.1, 0.15) is 20.7 Å². The topological polar surface area (TPSA) is 120 Å². The minimum Gasteiger partial charge on any atom is -0.507 e. The van der Waals surface area contributed by atoms with Crippen LogP contribution in [0.3, 0.4) is 0 Å². The molecule has 0 aliphatic heterocycles. The van der Waals surface area contributed by atoms with Crippen LogP contribution in [-0.4, -0.2) is 27.3 Å². The molecule has 0 atom stereocenters. The van der Waals surface area contributed by atoms with Crippen LogP contribution in [0.4, 0.5) is 11.4 Å². The lowest BCUT2D eigenvalue weighted by atomic mass is 10.2. The van der Waals surface area contributed by atoms with Crippen molar-refractivity contribution in [1.82, 2.24) is 0 Å². The van der Waals surface area contributed by atoms with Gasteiger partial charge in [0, 0.05) is 0 Å². The first-order valence-electron chi connectivity index (χ1n) is 5.79. The summed E-state index contributed by atoms with van der Waals surface area (Å²) in [6.45, 7) is 0. The molecule has 0 radical (unpaired) electrons. The number of hydrogen-bond acceptors (Lipinski definition) is 5. The number of rotatable bonds is 4. The Hall–Kier alpha value is -3.22. The largest absolute Gasteiger partial charge is 0.507 e. The Balaban J connectivity index is 2.23. The van der Waals surface area contributed by atoms with Gasteiger partial charge < -0.3 is 15.3 Å². The van der Waals surface area contributed by atoms with E-state index in [0.29, 0.717) is 5.69 Å². The predicted molar refractivity (Wildman–Crippen MR) is 72.6 cm³/mol. The summed E-state index contributed by atoms with van der Waals surface area (Å²) >= 11 is 0. The number of nitrogens with zero attached hydrogens (tertiary/aromatic N) is 2. The van der Waals surface area contributed by atoms with Gasteiger partial charge in [0.1, 0.15) is 11.3 Å². The van der Waals surface area contributed by atoms with E-state index in [1.165, 1.54) is 42.5 Å². The Bertz CT molecular complexity index is 723. The third-order valence-corrected chi connectivity index (χ3v) is 2.61. The van der Waals surface area contributed by atoms with Gasteiger partial charge in [-0.05, 0) is 42.5 Å². The number of aromatic hydroxyl groups is 1. The molecule has 2 aromatic rings. The van der Waals surface area contributed by atoms with Gasteiger partial charge in [0.2, 0.25) is 0 Å². The second-order valence-electron chi connectivity index (χ2n) is 4.06. The molecule has 3 N–H and O–H groups in total. The SMILES string of the molecule is O=C(O)c1ccc(N=Nc2ccc(O)c(C(=O)O)c2)cc1. The van der Waals surface area contributed by atoms with Gasteiger partial charge in [-0.2, -0.15) is 10.2 Å². The number of aromatic carboxylic acids is 2. The van der Waals surface area contributed by atoms with Crippen LogP contribution in [0.15, 0.2) is 52.7 Å². The van der Waals surface area contributed by atoms with Gasteiger partial charge in [0.05, 0.1) is 16.9 Å². The zero-order chi connectivity index (χ0) is 15.4. The molecule has 2 aromatic carbocycles. The van der Waals surface area contributed by atoms with Crippen molar-refractivity contribution in [1.29, 1.82) is 0 Å². The van der Waals surface area contributed by atoms with E-state index in [1.807, 2.05) is 0 Å². The molecule has 0 heterocycles. The number of hydrogen-bond donors (Lipinski definition) is 3. The van der Waals surface area contributed by atoms with Crippen LogP contribution >= 0.6 is 0 Å². The van der Waals surface area contributed by atoms with E-state index in [9.17, 15) is 14.7 Å². The van der Waals surface area contributed by atoms with Gasteiger partial charge in [-0.15, -0.1) is 0 Å². The lowest BCUT2D eigenvalue weighted by Crippen LogP contribution is -1.95. The molecule has 0 bridgehead atoms. The van der Waals surface area contributed by atoms with E-state index >= 15 is 0 Å².